The molecule has 1 aromatic carbocycles. The lowest BCUT2D eigenvalue weighted by molar-refractivity contribution is -0.143. The van der Waals surface area contributed by atoms with Crippen LogP contribution in [0, 0.1) is 11.3 Å². The monoisotopic (exact) mass is 466 g/mol. The van der Waals surface area contributed by atoms with Crippen LogP contribution in [-0.2, 0) is 26.5 Å². The predicted octanol–water partition coefficient (Wildman–Crippen LogP) is 4.56. The van der Waals surface area contributed by atoms with E-state index in [0.29, 0.717) is 17.7 Å². The van der Waals surface area contributed by atoms with E-state index < -0.39 is 11.6 Å². The molecular weight excluding hydrogens is 428 g/mol. The van der Waals surface area contributed by atoms with Crippen LogP contribution in [0.1, 0.15) is 64.5 Å². The molecule has 0 saturated carbocycles. The summed E-state index contributed by atoms with van der Waals surface area (Å²) in [6, 6.07) is 7.78. The van der Waals surface area contributed by atoms with E-state index in [9.17, 15) is 14.7 Å². The third kappa shape index (κ3) is 6.17. The summed E-state index contributed by atoms with van der Waals surface area (Å²) in [5.41, 5.74) is 0.874. The predicted molar refractivity (Wildman–Crippen MR) is 133 cm³/mol. The molecule has 2 unspecified atom stereocenters. The smallest absolute Gasteiger partial charge is 0.325 e. The molecule has 6 nitrogen and oxygen atoms in total. The lowest BCUT2D eigenvalue weighted by atomic mass is 9.85. The Labute approximate surface area is 203 Å². The number of nitrogens with zero attached hydrogens (tertiary/aromatic N) is 1. The minimum absolute atomic E-state index is 0.0184. The fourth-order valence-corrected chi connectivity index (χ4v) is 4.53. The van der Waals surface area contributed by atoms with Gasteiger partial charge < -0.3 is 20.1 Å². The van der Waals surface area contributed by atoms with E-state index in [4.69, 9.17) is 4.74 Å². The zero-order valence-corrected chi connectivity index (χ0v) is 20.8. The summed E-state index contributed by atoms with van der Waals surface area (Å²) >= 11 is 0. The molecule has 6 heteroatoms. The van der Waals surface area contributed by atoms with Gasteiger partial charge in [0.1, 0.15) is 6.54 Å². The highest BCUT2D eigenvalue weighted by atomic mass is 16.5. The maximum atomic E-state index is 12.7. The Kier molecular flexibility index (Phi) is 8.37. The third-order valence-corrected chi connectivity index (χ3v) is 6.45. The number of carbonyl (C=O) groups excluding carboxylic acids is 2. The molecule has 1 aromatic rings. The first-order chi connectivity index (χ1) is 16.2. The summed E-state index contributed by atoms with van der Waals surface area (Å²) in [6.45, 7) is 8.84. The molecule has 0 bridgehead atoms. The number of ether oxygens (including phenoxy) is 1. The van der Waals surface area contributed by atoms with Gasteiger partial charge >= 0.3 is 5.97 Å². The number of rotatable bonds is 11. The molecule has 0 spiro atoms. The largest absolute Gasteiger partial charge is 0.465 e. The third-order valence-electron chi connectivity index (χ3n) is 6.45. The van der Waals surface area contributed by atoms with Gasteiger partial charge in [0.2, 0.25) is 0 Å². The SMILES string of the molecule is CCCCC(C)(C)/C=C/CCc1cccc(C2(O)NC(=O)C3=CN(CC(=O)OCC)C=CC32)c1. The Balaban J connectivity index is 1.69. The van der Waals surface area contributed by atoms with Crippen molar-refractivity contribution in [2.75, 3.05) is 13.2 Å². The van der Waals surface area contributed by atoms with Crippen LogP contribution in [0.3, 0.4) is 0 Å². The Morgan fingerprint density at radius 2 is 2.12 bits per heavy atom. The maximum absolute atomic E-state index is 12.7. The van der Waals surface area contributed by atoms with E-state index in [0.717, 1.165) is 18.4 Å². The molecule has 0 aliphatic carbocycles. The van der Waals surface area contributed by atoms with Gasteiger partial charge in [0.25, 0.3) is 5.91 Å². The zero-order chi connectivity index (χ0) is 24.8. The molecule has 34 heavy (non-hydrogen) atoms. The highest BCUT2D eigenvalue weighted by Crippen LogP contribution is 2.41. The van der Waals surface area contributed by atoms with Crippen LogP contribution in [0.25, 0.3) is 0 Å². The molecule has 2 N–H and O–H groups in total. The van der Waals surface area contributed by atoms with Crippen molar-refractivity contribution in [3.63, 3.8) is 0 Å². The lowest BCUT2D eigenvalue weighted by Gasteiger charge is -2.31. The maximum Gasteiger partial charge on any atom is 0.325 e. The topological polar surface area (TPSA) is 78.9 Å². The van der Waals surface area contributed by atoms with Gasteiger partial charge in [-0.25, -0.2) is 0 Å². The van der Waals surface area contributed by atoms with Crippen molar-refractivity contribution in [2.45, 2.75) is 65.5 Å². The number of benzene rings is 1. The normalized spacial score (nSPS) is 22.0. The fraction of sp³-hybridized carbons (Fsp3) is 0.500. The molecule has 3 rings (SSSR count). The highest BCUT2D eigenvalue weighted by Gasteiger charge is 2.50. The number of aliphatic hydroxyl groups is 1. The quantitative estimate of drug-likeness (QED) is 0.369. The van der Waals surface area contributed by atoms with E-state index in [1.54, 1.807) is 30.3 Å². The molecule has 1 fully saturated rings. The van der Waals surface area contributed by atoms with E-state index in [1.165, 1.54) is 19.3 Å². The number of aryl methyl sites for hydroxylation is 1. The van der Waals surface area contributed by atoms with Gasteiger partial charge in [0.05, 0.1) is 12.5 Å². The van der Waals surface area contributed by atoms with Gasteiger partial charge in [-0.05, 0) is 37.2 Å². The number of amides is 1. The number of esters is 1. The summed E-state index contributed by atoms with van der Waals surface area (Å²) < 4.78 is 4.98. The van der Waals surface area contributed by atoms with Crippen LogP contribution in [0.5, 0.6) is 0 Å². The fourth-order valence-electron chi connectivity index (χ4n) is 4.53. The second-order valence-electron chi connectivity index (χ2n) is 9.84. The van der Waals surface area contributed by atoms with Crippen LogP contribution in [0.15, 0.2) is 60.5 Å². The summed E-state index contributed by atoms with van der Waals surface area (Å²) in [5, 5.41) is 14.3. The summed E-state index contributed by atoms with van der Waals surface area (Å²) in [5.74, 6) is -1.24. The molecule has 1 amide bonds. The summed E-state index contributed by atoms with van der Waals surface area (Å²) in [7, 11) is 0. The van der Waals surface area contributed by atoms with Gasteiger partial charge in [-0.1, -0.05) is 76.1 Å². The minimum Gasteiger partial charge on any atom is -0.465 e. The van der Waals surface area contributed by atoms with E-state index in [1.807, 2.05) is 24.3 Å². The summed E-state index contributed by atoms with van der Waals surface area (Å²) in [6.07, 6.45) is 15.0. The van der Waals surface area contributed by atoms with Crippen LogP contribution >= 0.6 is 0 Å². The van der Waals surface area contributed by atoms with Crippen molar-refractivity contribution in [2.24, 2.45) is 11.3 Å². The second-order valence-corrected chi connectivity index (χ2v) is 9.84. The summed E-state index contributed by atoms with van der Waals surface area (Å²) in [4.78, 5) is 26.1. The van der Waals surface area contributed by atoms with Gasteiger partial charge in [-0.15, -0.1) is 0 Å². The van der Waals surface area contributed by atoms with Crippen molar-refractivity contribution in [1.29, 1.82) is 0 Å². The van der Waals surface area contributed by atoms with Gasteiger partial charge in [0.15, 0.2) is 5.72 Å². The van der Waals surface area contributed by atoms with Gasteiger partial charge in [0, 0.05) is 23.5 Å². The number of nitrogens with one attached hydrogen (secondary N) is 1. The van der Waals surface area contributed by atoms with Crippen molar-refractivity contribution in [3.05, 3.63) is 71.6 Å². The lowest BCUT2D eigenvalue weighted by Crippen LogP contribution is -2.42. The van der Waals surface area contributed by atoms with Crippen LogP contribution in [0.2, 0.25) is 0 Å². The van der Waals surface area contributed by atoms with Crippen LogP contribution in [-0.4, -0.2) is 35.0 Å². The zero-order valence-electron chi connectivity index (χ0n) is 20.8. The van der Waals surface area contributed by atoms with Gasteiger partial charge in [-0.3, -0.25) is 9.59 Å². The van der Waals surface area contributed by atoms with E-state index >= 15 is 0 Å². The number of hydrogen-bond acceptors (Lipinski definition) is 5. The Hall–Kier alpha value is -2.86. The molecule has 0 radical (unpaired) electrons. The number of unbranched alkanes of at least 4 members (excludes halogenated alkanes) is 1. The first-order valence-corrected chi connectivity index (χ1v) is 12.3. The molecule has 1 saturated heterocycles. The Bertz CT molecular complexity index is 978. The highest BCUT2D eigenvalue weighted by molar-refractivity contribution is 5.98. The number of carbonyl (C=O) groups is 2. The molecular formula is C28H38N2O4. The van der Waals surface area contributed by atoms with Crippen molar-refractivity contribution in [3.8, 4) is 0 Å². The standard InChI is InChI=1S/C28H38N2O4/c1-5-7-15-27(3,4)16-9-8-11-21-12-10-13-22(18-21)28(33)24-14-17-30(20-25(31)34-6-2)19-23(24)26(32)29-28/h9-10,12-14,16-19,24,33H,5-8,11,15,20H2,1-4H3,(H,29,32)/b16-9+. The second kappa shape index (κ2) is 11.0. The number of hydrogen-bond donors (Lipinski definition) is 2. The molecule has 2 aliphatic heterocycles. The average molecular weight is 467 g/mol. The van der Waals surface area contributed by atoms with Crippen molar-refractivity contribution < 1.29 is 19.4 Å². The minimum atomic E-state index is -1.52. The molecule has 2 atom stereocenters. The molecule has 2 heterocycles. The Morgan fingerprint density at radius 3 is 2.85 bits per heavy atom. The molecule has 184 valence electrons. The Morgan fingerprint density at radius 1 is 1.32 bits per heavy atom. The molecule has 0 aromatic heterocycles. The van der Waals surface area contributed by atoms with Crippen LogP contribution < -0.4 is 5.32 Å². The number of allylic oxidation sites excluding steroid dienone is 2. The molecule has 2 aliphatic rings. The van der Waals surface area contributed by atoms with Gasteiger partial charge in [-0.2, -0.15) is 0 Å². The number of fused-ring (bicyclic) bond motifs is 1. The van der Waals surface area contributed by atoms with E-state index in [2.05, 4.69) is 38.2 Å². The van der Waals surface area contributed by atoms with Crippen LogP contribution in [0.4, 0.5) is 0 Å². The first-order valence-electron chi connectivity index (χ1n) is 12.3. The van der Waals surface area contributed by atoms with E-state index in [-0.39, 0.29) is 23.8 Å². The first kappa shape index (κ1) is 25.8. The van der Waals surface area contributed by atoms with Crippen molar-refractivity contribution >= 4 is 11.9 Å². The average Bonchev–Trinajstić information content (AvgIpc) is 3.06. The van der Waals surface area contributed by atoms with Crippen molar-refractivity contribution in [1.82, 2.24) is 10.2 Å².